The van der Waals surface area contributed by atoms with Gasteiger partial charge in [0.15, 0.2) is 0 Å². The van der Waals surface area contributed by atoms with Crippen molar-refractivity contribution in [3.63, 3.8) is 0 Å². The highest BCUT2D eigenvalue weighted by atomic mass is 19.1. The van der Waals surface area contributed by atoms with Gasteiger partial charge in [-0.15, -0.1) is 0 Å². The van der Waals surface area contributed by atoms with E-state index in [1.807, 2.05) is 38.1 Å². The standard InChI is InChI=1S/C21H20FNO2/c1-14-11-15(2)13-18(12-14)23-21(24)10-8-19-7-9-20(25-19)16-3-5-17(22)6-4-16/h3-7,9,11-13H,8,10H2,1-2H3,(H,23,24). The molecule has 3 nitrogen and oxygen atoms in total. The summed E-state index contributed by atoms with van der Waals surface area (Å²) in [4.78, 5) is 12.1. The molecule has 0 atom stereocenters. The highest BCUT2D eigenvalue weighted by molar-refractivity contribution is 5.91. The quantitative estimate of drug-likeness (QED) is 0.689. The van der Waals surface area contributed by atoms with Crippen LogP contribution in [-0.4, -0.2) is 5.91 Å². The number of halogens is 1. The highest BCUT2D eigenvalue weighted by Crippen LogP contribution is 2.23. The van der Waals surface area contributed by atoms with Crippen LogP contribution in [0.3, 0.4) is 0 Å². The normalized spacial score (nSPS) is 10.7. The molecule has 4 heteroatoms. The minimum Gasteiger partial charge on any atom is -0.461 e. The van der Waals surface area contributed by atoms with Gasteiger partial charge in [0.1, 0.15) is 17.3 Å². The van der Waals surface area contributed by atoms with Crippen LogP contribution in [0.4, 0.5) is 10.1 Å². The van der Waals surface area contributed by atoms with Crippen LogP contribution in [0.2, 0.25) is 0 Å². The predicted octanol–water partition coefficient (Wildman–Crippen LogP) is 5.27. The van der Waals surface area contributed by atoms with Crippen LogP contribution in [0, 0.1) is 19.7 Å². The lowest BCUT2D eigenvalue weighted by molar-refractivity contribution is -0.116. The number of amides is 1. The first-order valence-corrected chi connectivity index (χ1v) is 8.22. The number of carbonyl (C=O) groups excluding carboxylic acids is 1. The number of aryl methyl sites for hydroxylation is 3. The molecule has 3 aromatic rings. The molecular weight excluding hydrogens is 317 g/mol. The number of furan rings is 1. The van der Waals surface area contributed by atoms with Crippen molar-refractivity contribution >= 4 is 11.6 Å². The maximum atomic E-state index is 13.0. The third-order valence-corrected chi connectivity index (χ3v) is 3.89. The zero-order valence-electron chi connectivity index (χ0n) is 14.3. The van der Waals surface area contributed by atoms with Crippen molar-refractivity contribution in [1.82, 2.24) is 0 Å². The Kier molecular flexibility index (Phi) is 4.98. The third kappa shape index (κ3) is 4.57. The number of carbonyl (C=O) groups is 1. The van der Waals surface area contributed by atoms with Crippen molar-refractivity contribution in [2.45, 2.75) is 26.7 Å². The first kappa shape index (κ1) is 17.0. The van der Waals surface area contributed by atoms with Gasteiger partial charge in [0.05, 0.1) is 0 Å². The largest absolute Gasteiger partial charge is 0.461 e. The van der Waals surface area contributed by atoms with Gasteiger partial charge in [-0.2, -0.15) is 0 Å². The third-order valence-electron chi connectivity index (χ3n) is 3.89. The van der Waals surface area contributed by atoms with Gasteiger partial charge in [-0.25, -0.2) is 4.39 Å². The number of nitrogens with one attached hydrogen (secondary N) is 1. The number of rotatable bonds is 5. The molecule has 0 radical (unpaired) electrons. The van der Waals surface area contributed by atoms with Crippen LogP contribution < -0.4 is 5.32 Å². The Labute approximate surface area is 146 Å². The van der Waals surface area contributed by atoms with E-state index in [2.05, 4.69) is 11.4 Å². The maximum absolute atomic E-state index is 13.0. The number of benzene rings is 2. The second kappa shape index (κ2) is 7.34. The van der Waals surface area contributed by atoms with Gasteiger partial charge in [0, 0.05) is 24.1 Å². The Morgan fingerprint density at radius 1 is 1.00 bits per heavy atom. The Morgan fingerprint density at radius 3 is 2.36 bits per heavy atom. The summed E-state index contributed by atoms with van der Waals surface area (Å²) in [7, 11) is 0. The van der Waals surface area contributed by atoms with Gasteiger partial charge in [-0.1, -0.05) is 6.07 Å². The van der Waals surface area contributed by atoms with E-state index in [0.29, 0.717) is 18.6 Å². The van der Waals surface area contributed by atoms with E-state index in [9.17, 15) is 9.18 Å². The van der Waals surface area contributed by atoms with Gasteiger partial charge < -0.3 is 9.73 Å². The summed E-state index contributed by atoms with van der Waals surface area (Å²) in [6, 6.07) is 15.8. The first-order chi connectivity index (χ1) is 12.0. The van der Waals surface area contributed by atoms with Crippen LogP contribution in [-0.2, 0) is 11.2 Å². The zero-order chi connectivity index (χ0) is 17.8. The Bertz CT molecular complexity index is 861. The average molecular weight is 337 g/mol. The lowest BCUT2D eigenvalue weighted by Gasteiger charge is -2.07. The molecular formula is C21H20FNO2. The van der Waals surface area contributed by atoms with Crippen LogP contribution >= 0.6 is 0 Å². The summed E-state index contributed by atoms with van der Waals surface area (Å²) in [5.41, 5.74) is 3.86. The predicted molar refractivity (Wildman–Crippen MR) is 97.0 cm³/mol. The Balaban J connectivity index is 1.58. The van der Waals surface area contributed by atoms with Gasteiger partial charge in [-0.05, 0) is 73.5 Å². The van der Waals surface area contributed by atoms with Crippen molar-refractivity contribution in [3.8, 4) is 11.3 Å². The molecule has 0 spiro atoms. The summed E-state index contributed by atoms with van der Waals surface area (Å²) in [5.74, 6) is 1.07. The van der Waals surface area contributed by atoms with Crippen LogP contribution in [0.1, 0.15) is 23.3 Å². The van der Waals surface area contributed by atoms with E-state index < -0.39 is 0 Å². The smallest absolute Gasteiger partial charge is 0.224 e. The zero-order valence-corrected chi connectivity index (χ0v) is 14.3. The van der Waals surface area contributed by atoms with Crippen molar-refractivity contribution in [2.24, 2.45) is 0 Å². The fourth-order valence-corrected chi connectivity index (χ4v) is 2.79. The topological polar surface area (TPSA) is 42.2 Å². The van der Waals surface area contributed by atoms with E-state index in [1.165, 1.54) is 12.1 Å². The maximum Gasteiger partial charge on any atom is 0.224 e. The number of hydrogen-bond acceptors (Lipinski definition) is 2. The van der Waals surface area contributed by atoms with E-state index in [-0.39, 0.29) is 11.7 Å². The minimum atomic E-state index is -0.279. The molecule has 0 aliphatic rings. The highest BCUT2D eigenvalue weighted by Gasteiger charge is 2.08. The van der Waals surface area contributed by atoms with Crippen molar-refractivity contribution < 1.29 is 13.6 Å². The van der Waals surface area contributed by atoms with Crippen LogP contribution in [0.5, 0.6) is 0 Å². The lowest BCUT2D eigenvalue weighted by atomic mass is 10.1. The molecule has 0 fully saturated rings. The van der Waals surface area contributed by atoms with Gasteiger partial charge in [-0.3, -0.25) is 4.79 Å². The molecule has 1 aromatic heterocycles. The molecule has 0 saturated heterocycles. The fourth-order valence-electron chi connectivity index (χ4n) is 2.79. The first-order valence-electron chi connectivity index (χ1n) is 8.22. The molecule has 0 unspecified atom stereocenters. The minimum absolute atomic E-state index is 0.0512. The Morgan fingerprint density at radius 2 is 1.68 bits per heavy atom. The van der Waals surface area contributed by atoms with Gasteiger partial charge in [0.2, 0.25) is 5.91 Å². The summed E-state index contributed by atoms with van der Waals surface area (Å²) >= 11 is 0. The molecule has 25 heavy (non-hydrogen) atoms. The second-order valence-electron chi connectivity index (χ2n) is 6.20. The molecule has 0 aliphatic heterocycles. The molecule has 0 aliphatic carbocycles. The van der Waals surface area contributed by atoms with Crippen molar-refractivity contribution in [2.75, 3.05) is 5.32 Å². The number of hydrogen-bond donors (Lipinski definition) is 1. The van der Waals surface area contributed by atoms with E-state index in [0.717, 1.165) is 28.1 Å². The van der Waals surface area contributed by atoms with E-state index in [4.69, 9.17) is 4.42 Å². The van der Waals surface area contributed by atoms with E-state index >= 15 is 0 Å². The summed E-state index contributed by atoms with van der Waals surface area (Å²) in [6.45, 7) is 4.00. The second-order valence-corrected chi connectivity index (χ2v) is 6.20. The molecule has 0 bridgehead atoms. The molecule has 3 rings (SSSR count). The summed E-state index contributed by atoms with van der Waals surface area (Å²) in [6.07, 6.45) is 0.848. The number of anilines is 1. The summed E-state index contributed by atoms with van der Waals surface area (Å²) in [5, 5.41) is 2.92. The monoisotopic (exact) mass is 337 g/mol. The van der Waals surface area contributed by atoms with Crippen molar-refractivity contribution in [3.05, 3.63) is 77.3 Å². The Hall–Kier alpha value is -2.88. The average Bonchev–Trinajstić information content (AvgIpc) is 3.01. The fraction of sp³-hybridized carbons (Fsp3) is 0.190. The van der Waals surface area contributed by atoms with E-state index in [1.54, 1.807) is 12.1 Å². The molecule has 0 saturated carbocycles. The lowest BCUT2D eigenvalue weighted by Crippen LogP contribution is -2.12. The van der Waals surface area contributed by atoms with Crippen LogP contribution in [0.15, 0.2) is 59.0 Å². The summed E-state index contributed by atoms with van der Waals surface area (Å²) < 4.78 is 18.7. The molecule has 128 valence electrons. The van der Waals surface area contributed by atoms with Crippen molar-refractivity contribution in [1.29, 1.82) is 0 Å². The molecule has 1 heterocycles. The van der Waals surface area contributed by atoms with Gasteiger partial charge in [0.25, 0.3) is 0 Å². The molecule has 1 N–H and O–H groups in total. The van der Waals surface area contributed by atoms with Crippen LogP contribution in [0.25, 0.3) is 11.3 Å². The molecule has 1 amide bonds. The SMILES string of the molecule is Cc1cc(C)cc(NC(=O)CCc2ccc(-c3ccc(F)cc3)o2)c1. The van der Waals surface area contributed by atoms with Gasteiger partial charge >= 0.3 is 0 Å². The molecule has 2 aromatic carbocycles.